The number of hydrogen-bond acceptors (Lipinski definition) is 1. The highest BCUT2D eigenvalue weighted by molar-refractivity contribution is 5.14. The Balaban J connectivity index is 1.95. The maximum Gasteiger partial charge on any atom is 0.0540 e. The fourth-order valence-electron chi connectivity index (χ4n) is 2.30. The van der Waals surface area contributed by atoms with Gasteiger partial charge in [0.25, 0.3) is 0 Å². The van der Waals surface area contributed by atoms with E-state index in [1.165, 1.54) is 50.5 Å². The molecule has 0 saturated carbocycles. The predicted octanol–water partition coefficient (Wildman–Crippen LogP) is 4.73. The van der Waals surface area contributed by atoms with Crippen molar-refractivity contribution >= 4 is 0 Å². The summed E-state index contributed by atoms with van der Waals surface area (Å²) in [5.74, 6) is 0. The number of hydrogen-bond donors (Lipinski definition) is 1. The Bertz CT molecular complexity index is 281. The number of aliphatic hydroxyl groups excluding tert-OH is 1. The number of rotatable bonds is 10. The highest BCUT2D eigenvalue weighted by Crippen LogP contribution is 2.12. The van der Waals surface area contributed by atoms with E-state index in [0.717, 1.165) is 12.8 Å². The van der Waals surface area contributed by atoms with Crippen LogP contribution < -0.4 is 0 Å². The number of aryl methyl sites for hydroxylation is 1. The van der Waals surface area contributed by atoms with Crippen LogP contribution in [0.3, 0.4) is 0 Å². The summed E-state index contributed by atoms with van der Waals surface area (Å²) >= 11 is 0. The molecule has 0 aliphatic heterocycles. The molecule has 1 rings (SSSR count). The Hall–Kier alpha value is -0.820. The quantitative estimate of drug-likeness (QED) is 0.593. The van der Waals surface area contributed by atoms with Crippen LogP contribution in [0.25, 0.3) is 0 Å². The molecule has 0 aliphatic rings. The third-order valence-corrected chi connectivity index (χ3v) is 3.49. The normalized spacial score (nSPS) is 12.6. The smallest absolute Gasteiger partial charge is 0.0540 e. The summed E-state index contributed by atoms with van der Waals surface area (Å²) in [5.41, 5.74) is 1.43. The molecule has 0 amide bonds. The van der Waals surface area contributed by atoms with Crippen LogP contribution in [-0.4, -0.2) is 11.2 Å². The largest absolute Gasteiger partial charge is 0.393 e. The van der Waals surface area contributed by atoms with E-state index in [1.807, 2.05) is 0 Å². The van der Waals surface area contributed by atoms with Gasteiger partial charge in [0.1, 0.15) is 0 Å². The Labute approximate surface area is 112 Å². The van der Waals surface area contributed by atoms with Crippen molar-refractivity contribution in [3.8, 4) is 0 Å². The molecule has 1 heteroatoms. The van der Waals surface area contributed by atoms with Crippen LogP contribution in [0.4, 0.5) is 0 Å². The van der Waals surface area contributed by atoms with Gasteiger partial charge in [0.05, 0.1) is 6.10 Å². The zero-order chi connectivity index (χ0) is 13.1. The Morgan fingerprint density at radius 3 is 2.22 bits per heavy atom. The molecular formula is C17H28O. The maximum absolute atomic E-state index is 9.79. The zero-order valence-corrected chi connectivity index (χ0v) is 11.8. The van der Waals surface area contributed by atoms with Crippen molar-refractivity contribution < 1.29 is 5.11 Å². The van der Waals surface area contributed by atoms with Gasteiger partial charge < -0.3 is 5.11 Å². The molecule has 0 saturated heterocycles. The van der Waals surface area contributed by atoms with Gasteiger partial charge in [-0.25, -0.2) is 0 Å². The van der Waals surface area contributed by atoms with Crippen molar-refractivity contribution in [2.24, 2.45) is 0 Å². The highest BCUT2D eigenvalue weighted by Gasteiger charge is 2.03. The van der Waals surface area contributed by atoms with Crippen molar-refractivity contribution in [1.82, 2.24) is 0 Å². The van der Waals surface area contributed by atoms with E-state index in [2.05, 4.69) is 37.3 Å². The first-order valence-corrected chi connectivity index (χ1v) is 7.55. The van der Waals surface area contributed by atoms with Crippen molar-refractivity contribution in [3.05, 3.63) is 35.9 Å². The molecule has 0 bridgehead atoms. The van der Waals surface area contributed by atoms with Crippen LogP contribution in [0.1, 0.15) is 63.9 Å². The minimum Gasteiger partial charge on any atom is -0.393 e. The number of unbranched alkanes of at least 4 members (excludes halogenated alkanes) is 4. The molecule has 1 atom stereocenters. The first-order chi connectivity index (χ1) is 8.83. The van der Waals surface area contributed by atoms with E-state index in [-0.39, 0.29) is 6.10 Å². The molecule has 0 fully saturated rings. The molecule has 1 aromatic rings. The fourth-order valence-corrected chi connectivity index (χ4v) is 2.30. The minimum absolute atomic E-state index is 0.0618. The van der Waals surface area contributed by atoms with E-state index >= 15 is 0 Å². The molecule has 1 unspecified atom stereocenters. The molecule has 102 valence electrons. The Morgan fingerprint density at radius 1 is 0.889 bits per heavy atom. The average Bonchev–Trinajstić information content (AvgIpc) is 2.40. The highest BCUT2D eigenvalue weighted by atomic mass is 16.3. The van der Waals surface area contributed by atoms with Crippen LogP contribution in [-0.2, 0) is 6.42 Å². The van der Waals surface area contributed by atoms with Gasteiger partial charge in [-0.2, -0.15) is 0 Å². The summed E-state index contributed by atoms with van der Waals surface area (Å²) in [6.45, 7) is 2.20. The van der Waals surface area contributed by atoms with Gasteiger partial charge >= 0.3 is 0 Å². The van der Waals surface area contributed by atoms with Gasteiger partial charge in [0, 0.05) is 0 Å². The summed E-state index contributed by atoms with van der Waals surface area (Å²) in [6.07, 6.45) is 10.4. The van der Waals surface area contributed by atoms with Gasteiger partial charge in [-0.3, -0.25) is 0 Å². The molecule has 0 radical (unpaired) electrons. The standard InChI is InChI=1S/C17H28O/c1-2-3-6-14-17(18)15-10-5-9-13-16-11-7-4-8-12-16/h4,7-8,11-12,17-18H,2-3,5-6,9-10,13-15H2,1H3. The second kappa shape index (κ2) is 10.1. The summed E-state index contributed by atoms with van der Waals surface area (Å²) in [4.78, 5) is 0. The molecule has 1 aromatic carbocycles. The zero-order valence-electron chi connectivity index (χ0n) is 11.8. The molecular weight excluding hydrogens is 220 g/mol. The van der Waals surface area contributed by atoms with E-state index in [9.17, 15) is 5.11 Å². The van der Waals surface area contributed by atoms with Crippen molar-refractivity contribution in [2.75, 3.05) is 0 Å². The third kappa shape index (κ3) is 7.50. The summed E-state index contributed by atoms with van der Waals surface area (Å²) in [7, 11) is 0. The first-order valence-electron chi connectivity index (χ1n) is 7.55. The third-order valence-electron chi connectivity index (χ3n) is 3.49. The second-order valence-electron chi connectivity index (χ2n) is 5.23. The molecule has 1 N–H and O–H groups in total. The van der Waals surface area contributed by atoms with Gasteiger partial charge in [0.15, 0.2) is 0 Å². The molecule has 0 aromatic heterocycles. The lowest BCUT2D eigenvalue weighted by molar-refractivity contribution is 0.147. The molecule has 0 heterocycles. The van der Waals surface area contributed by atoms with E-state index in [0.29, 0.717) is 0 Å². The Morgan fingerprint density at radius 2 is 1.56 bits per heavy atom. The second-order valence-corrected chi connectivity index (χ2v) is 5.23. The van der Waals surface area contributed by atoms with Crippen LogP contribution in [0.5, 0.6) is 0 Å². The van der Waals surface area contributed by atoms with E-state index in [4.69, 9.17) is 0 Å². The number of aliphatic hydroxyl groups is 1. The van der Waals surface area contributed by atoms with Crippen molar-refractivity contribution in [1.29, 1.82) is 0 Å². The molecule has 0 spiro atoms. The Kier molecular flexibility index (Phi) is 8.58. The first kappa shape index (κ1) is 15.2. The molecule has 0 aliphatic carbocycles. The van der Waals surface area contributed by atoms with E-state index < -0.39 is 0 Å². The molecule has 1 nitrogen and oxygen atoms in total. The van der Waals surface area contributed by atoms with Crippen LogP contribution >= 0.6 is 0 Å². The topological polar surface area (TPSA) is 20.2 Å². The van der Waals surface area contributed by atoms with Gasteiger partial charge in [0.2, 0.25) is 0 Å². The summed E-state index contributed by atoms with van der Waals surface area (Å²) < 4.78 is 0. The predicted molar refractivity (Wildman–Crippen MR) is 78.8 cm³/mol. The lowest BCUT2D eigenvalue weighted by Crippen LogP contribution is -2.05. The lowest BCUT2D eigenvalue weighted by Gasteiger charge is -2.09. The van der Waals surface area contributed by atoms with E-state index in [1.54, 1.807) is 0 Å². The summed E-state index contributed by atoms with van der Waals surface area (Å²) in [6, 6.07) is 10.7. The maximum atomic E-state index is 9.79. The summed E-state index contributed by atoms with van der Waals surface area (Å²) in [5, 5.41) is 9.79. The van der Waals surface area contributed by atoms with Crippen molar-refractivity contribution in [3.63, 3.8) is 0 Å². The SMILES string of the molecule is CCCCCC(O)CCCCCc1ccccc1. The number of benzene rings is 1. The van der Waals surface area contributed by atoms with Gasteiger partial charge in [-0.15, -0.1) is 0 Å². The minimum atomic E-state index is -0.0618. The van der Waals surface area contributed by atoms with Crippen molar-refractivity contribution in [2.45, 2.75) is 70.8 Å². The lowest BCUT2D eigenvalue weighted by atomic mass is 10.0. The van der Waals surface area contributed by atoms with Crippen LogP contribution in [0.15, 0.2) is 30.3 Å². The van der Waals surface area contributed by atoms with Gasteiger partial charge in [-0.05, 0) is 31.2 Å². The van der Waals surface area contributed by atoms with Crippen LogP contribution in [0.2, 0.25) is 0 Å². The van der Waals surface area contributed by atoms with Crippen LogP contribution in [0, 0.1) is 0 Å². The molecule has 18 heavy (non-hydrogen) atoms. The monoisotopic (exact) mass is 248 g/mol. The average molecular weight is 248 g/mol. The van der Waals surface area contributed by atoms with Gasteiger partial charge in [-0.1, -0.05) is 69.4 Å². The fraction of sp³-hybridized carbons (Fsp3) is 0.647.